The van der Waals surface area contributed by atoms with Crippen LogP contribution in [0.1, 0.15) is 36.1 Å². The van der Waals surface area contributed by atoms with E-state index in [-0.39, 0.29) is 24.3 Å². The van der Waals surface area contributed by atoms with Gasteiger partial charge in [0.2, 0.25) is 11.8 Å². The van der Waals surface area contributed by atoms with Crippen LogP contribution < -0.4 is 15.8 Å². The summed E-state index contributed by atoms with van der Waals surface area (Å²) in [5.74, 6) is -0.677. The summed E-state index contributed by atoms with van der Waals surface area (Å²) in [6.45, 7) is 4.04. The molecule has 180 valence electrons. The molecule has 2 aromatic carbocycles. The van der Waals surface area contributed by atoms with E-state index in [9.17, 15) is 14.0 Å². The van der Waals surface area contributed by atoms with E-state index < -0.39 is 17.0 Å². The second-order valence-corrected chi connectivity index (χ2v) is 8.79. The summed E-state index contributed by atoms with van der Waals surface area (Å²) in [7, 11) is 1.59. The zero-order valence-corrected chi connectivity index (χ0v) is 19.8. The number of methoxy groups -OCH3 is 1. The van der Waals surface area contributed by atoms with E-state index in [0.29, 0.717) is 28.8 Å². The van der Waals surface area contributed by atoms with Gasteiger partial charge in [-0.15, -0.1) is 10.2 Å². The predicted molar refractivity (Wildman–Crippen MR) is 126 cm³/mol. The first-order valence-corrected chi connectivity index (χ1v) is 11.4. The van der Waals surface area contributed by atoms with Gasteiger partial charge < -0.3 is 20.5 Å². The fourth-order valence-corrected chi connectivity index (χ4v) is 4.09. The lowest BCUT2D eigenvalue weighted by molar-refractivity contribution is -0.115. The Morgan fingerprint density at radius 1 is 1.15 bits per heavy atom. The number of primary amides is 1. The van der Waals surface area contributed by atoms with Crippen molar-refractivity contribution in [1.82, 2.24) is 14.8 Å². The van der Waals surface area contributed by atoms with Crippen LogP contribution in [0.4, 0.5) is 10.1 Å². The zero-order chi connectivity index (χ0) is 24.7. The van der Waals surface area contributed by atoms with Gasteiger partial charge in [-0.3, -0.25) is 14.2 Å². The van der Waals surface area contributed by atoms with Gasteiger partial charge in [0.25, 0.3) is 0 Å². The second kappa shape index (κ2) is 11.6. The number of amides is 2. The summed E-state index contributed by atoms with van der Waals surface area (Å²) >= 11 is 1.22. The van der Waals surface area contributed by atoms with Crippen molar-refractivity contribution in [3.63, 3.8) is 0 Å². The van der Waals surface area contributed by atoms with E-state index >= 15 is 0 Å². The Morgan fingerprint density at radius 3 is 2.50 bits per heavy atom. The van der Waals surface area contributed by atoms with Crippen molar-refractivity contribution in [3.8, 4) is 5.75 Å². The molecule has 0 aliphatic rings. The highest BCUT2D eigenvalue weighted by Gasteiger charge is 2.23. The van der Waals surface area contributed by atoms with Crippen LogP contribution in [0, 0.1) is 5.82 Å². The summed E-state index contributed by atoms with van der Waals surface area (Å²) in [5, 5.41) is 11.2. The number of ether oxygens (including phenoxy) is 2. The summed E-state index contributed by atoms with van der Waals surface area (Å²) in [6, 6.07) is 12.3. The number of halogens is 1. The van der Waals surface area contributed by atoms with Crippen LogP contribution in [-0.2, 0) is 16.1 Å². The first-order valence-electron chi connectivity index (χ1n) is 10.5. The summed E-state index contributed by atoms with van der Waals surface area (Å²) in [4.78, 5) is 23.9. The molecule has 3 aromatic rings. The standard InChI is InChI=1S/C23H26FN5O4S/c1-14(12-32-3)29-20(13-33-19-7-5-4-6-18(19)24)27-28-23(29)34-15(2)22(31)26-17-10-8-16(9-11-17)21(25)30/h4-11,14-15H,12-13H2,1-3H3,(H2,25,30)(H,26,31)/t14-,15+/m0/s1. The second-order valence-electron chi connectivity index (χ2n) is 7.48. The number of carbonyl (C=O) groups excluding carboxylic acids is 2. The Hall–Kier alpha value is -3.44. The molecular formula is C23H26FN5O4S. The van der Waals surface area contributed by atoms with Crippen LogP contribution in [0.2, 0.25) is 0 Å². The van der Waals surface area contributed by atoms with Gasteiger partial charge in [-0.05, 0) is 50.2 Å². The number of rotatable bonds is 11. The zero-order valence-electron chi connectivity index (χ0n) is 19.0. The minimum Gasteiger partial charge on any atom is -0.483 e. The van der Waals surface area contributed by atoms with Gasteiger partial charge in [0.1, 0.15) is 6.61 Å². The summed E-state index contributed by atoms with van der Waals surface area (Å²) in [6.07, 6.45) is 0. The van der Waals surface area contributed by atoms with Crippen LogP contribution in [0.3, 0.4) is 0 Å². The van der Waals surface area contributed by atoms with Gasteiger partial charge in [0.15, 0.2) is 22.5 Å². The van der Waals surface area contributed by atoms with E-state index in [0.717, 1.165) is 0 Å². The fourth-order valence-electron chi connectivity index (χ4n) is 3.12. The van der Waals surface area contributed by atoms with E-state index in [1.807, 2.05) is 11.5 Å². The highest BCUT2D eigenvalue weighted by Crippen LogP contribution is 2.27. The minimum absolute atomic E-state index is 0.00463. The van der Waals surface area contributed by atoms with E-state index in [4.69, 9.17) is 15.2 Å². The van der Waals surface area contributed by atoms with Crippen molar-refractivity contribution >= 4 is 29.3 Å². The molecule has 34 heavy (non-hydrogen) atoms. The first kappa shape index (κ1) is 25.2. The van der Waals surface area contributed by atoms with Crippen molar-refractivity contribution in [2.45, 2.75) is 36.9 Å². The molecule has 3 rings (SSSR count). The van der Waals surface area contributed by atoms with Gasteiger partial charge in [-0.25, -0.2) is 4.39 Å². The quantitative estimate of drug-likeness (QED) is 0.398. The molecule has 0 aliphatic heterocycles. The van der Waals surface area contributed by atoms with Gasteiger partial charge in [0, 0.05) is 18.4 Å². The largest absolute Gasteiger partial charge is 0.483 e. The molecule has 1 heterocycles. The van der Waals surface area contributed by atoms with Crippen molar-refractivity contribution in [3.05, 3.63) is 65.7 Å². The van der Waals surface area contributed by atoms with Gasteiger partial charge in [0.05, 0.1) is 17.9 Å². The molecule has 0 radical (unpaired) electrons. The molecule has 0 saturated carbocycles. The Balaban J connectivity index is 1.72. The molecule has 0 fully saturated rings. The number of nitrogens with zero attached hydrogens (tertiary/aromatic N) is 3. The number of carbonyl (C=O) groups is 2. The molecule has 1 aromatic heterocycles. The lowest BCUT2D eigenvalue weighted by atomic mass is 10.2. The summed E-state index contributed by atoms with van der Waals surface area (Å²) in [5.41, 5.74) is 6.13. The fraction of sp³-hybridized carbons (Fsp3) is 0.304. The van der Waals surface area contributed by atoms with E-state index in [1.54, 1.807) is 50.4 Å². The molecule has 0 bridgehead atoms. The van der Waals surface area contributed by atoms with Gasteiger partial charge in [-0.2, -0.15) is 0 Å². The molecule has 0 spiro atoms. The molecule has 0 aliphatic carbocycles. The maximum atomic E-state index is 13.9. The van der Waals surface area contributed by atoms with Crippen LogP contribution in [-0.4, -0.2) is 45.5 Å². The molecule has 0 unspecified atom stereocenters. The Labute approximate surface area is 200 Å². The number of anilines is 1. The van der Waals surface area contributed by atoms with Crippen LogP contribution in [0.25, 0.3) is 0 Å². The van der Waals surface area contributed by atoms with Crippen molar-refractivity contribution in [2.75, 3.05) is 19.0 Å². The smallest absolute Gasteiger partial charge is 0.248 e. The third kappa shape index (κ3) is 6.33. The molecular weight excluding hydrogens is 461 g/mol. The van der Waals surface area contributed by atoms with E-state index in [1.165, 1.54) is 23.9 Å². The lowest BCUT2D eigenvalue weighted by Crippen LogP contribution is -2.24. The van der Waals surface area contributed by atoms with Crippen LogP contribution in [0.5, 0.6) is 5.75 Å². The van der Waals surface area contributed by atoms with Crippen molar-refractivity contribution in [1.29, 1.82) is 0 Å². The first-order chi connectivity index (χ1) is 16.3. The summed E-state index contributed by atoms with van der Waals surface area (Å²) < 4.78 is 26.6. The number of hydrogen-bond acceptors (Lipinski definition) is 7. The molecule has 11 heteroatoms. The minimum atomic E-state index is -0.541. The Bertz CT molecular complexity index is 1140. The van der Waals surface area contributed by atoms with Crippen molar-refractivity contribution < 1.29 is 23.5 Å². The number of nitrogens with one attached hydrogen (secondary N) is 1. The van der Waals surface area contributed by atoms with Gasteiger partial charge in [-0.1, -0.05) is 23.9 Å². The maximum Gasteiger partial charge on any atom is 0.248 e. The normalized spacial score (nSPS) is 12.7. The lowest BCUT2D eigenvalue weighted by Gasteiger charge is -2.19. The van der Waals surface area contributed by atoms with Crippen LogP contribution >= 0.6 is 11.8 Å². The molecule has 0 saturated heterocycles. The Kier molecular flexibility index (Phi) is 8.61. The third-order valence-corrected chi connectivity index (χ3v) is 5.92. The predicted octanol–water partition coefficient (Wildman–Crippen LogP) is 3.42. The number of thioether (sulfide) groups is 1. The third-order valence-electron chi connectivity index (χ3n) is 4.87. The molecule has 9 nitrogen and oxygen atoms in total. The monoisotopic (exact) mass is 487 g/mol. The average molecular weight is 488 g/mol. The molecule has 3 N–H and O–H groups in total. The molecule has 2 amide bonds. The number of nitrogens with two attached hydrogens (primary N) is 1. The average Bonchev–Trinajstić information content (AvgIpc) is 3.21. The number of benzene rings is 2. The van der Waals surface area contributed by atoms with Crippen LogP contribution in [0.15, 0.2) is 53.7 Å². The maximum absolute atomic E-state index is 13.9. The number of para-hydroxylation sites is 1. The van der Waals surface area contributed by atoms with Gasteiger partial charge >= 0.3 is 0 Å². The highest BCUT2D eigenvalue weighted by atomic mass is 32.2. The topological polar surface area (TPSA) is 121 Å². The van der Waals surface area contributed by atoms with Crippen molar-refractivity contribution in [2.24, 2.45) is 5.73 Å². The highest BCUT2D eigenvalue weighted by molar-refractivity contribution is 8.00. The molecule has 2 atom stereocenters. The Morgan fingerprint density at radius 2 is 1.85 bits per heavy atom. The SMILES string of the molecule is COC[C@H](C)n1c(COc2ccccc2F)nnc1S[C@H](C)C(=O)Nc1ccc(C(N)=O)cc1. The number of aromatic nitrogens is 3. The number of hydrogen-bond donors (Lipinski definition) is 2. The van der Waals surface area contributed by atoms with E-state index in [2.05, 4.69) is 15.5 Å².